The monoisotopic (exact) mass is 323 g/mol. The molecular formula is C15H18FN3O4. The minimum absolute atomic E-state index is 0.0598. The van der Waals surface area contributed by atoms with Crippen molar-refractivity contribution in [2.75, 3.05) is 32.1 Å². The molecule has 1 aliphatic heterocycles. The summed E-state index contributed by atoms with van der Waals surface area (Å²) in [6.45, 7) is 2.37. The number of hydrogen-bond donors (Lipinski definition) is 2. The van der Waals surface area contributed by atoms with Gasteiger partial charge in [-0.3, -0.25) is 9.59 Å². The SMILES string of the molecule is COC(=O)C1CNCCN1C(=O)c1cc(F)cc(NC(C)=O)c1. The third-order valence-electron chi connectivity index (χ3n) is 3.44. The Labute approximate surface area is 132 Å². The first-order chi connectivity index (χ1) is 10.9. The van der Waals surface area contributed by atoms with Crippen LogP contribution in [0.3, 0.4) is 0 Å². The fourth-order valence-corrected chi connectivity index (χ4v) is 2.45. The predicted molar refractivity (Wildman–Crippen MR) is 80.4 cm³/mol. The van der Waals surface area contributed by atoms with E-state index in [9.17, 15) is 18.8 Å². The number of piperazine rings is 1. The van der Waals surface area contributed by atoms with E-state index in [1.807, 2.05) is 0 Å². The molecule has 1 unspecified atom stereocenters. The lowest BCUT2D eigenvalue weighted by Gasteiger charge is -2.34. The van der Waals surface area contributed by atoms with Crippen LogP contribution in [0.25, 0.3) is 0 Å². The van der Waals surface area contributed by atoms with E-state index in [-0.39, 0.29) is 23.7 Å². The van der Waals surface area contributed by atoms with E-state index in [0.717, 1.165) is 12.1 Å². The summed E-state index contributed by atoms with van der Waals surface area (Å²) in [5.74, 6) is -2.05. The summed E-state index contributed by atoms with van der Waals surface area (Å²) in [4.78, 5) is 36.9. The smallest absolute Gasteiger partial charge is 0.329 e. The summed E-state index contributed by atoms with van der Waals surface area (Å²) in [7, 11) is 1.25. The summed E-state index contributed by atoms with van der Waals surface area (Å²) < 4.78 is 18.4. The number of anilines is 1. The fraction of sp³-hybridized carbons (Fsp3) is 0.400. The Kier molecular flexibility index (Phi) is 5.28. The number of carbonyl (C=O) groups excluding carboxylic acids is 3. The molecule has 1 heterocycles. The molecule has 0 radical (unpaired) electrons. The molecule has 8 heteroatoms. The zero-order chi connectivity index (χ0) is 17.0. The van der Waals surface area contributed by atoms with E-state index in [2.05, 4.69) is 10.6 Å². The molecule has 1 aliphatic rings. The van der Waals surface area contributed by atoms with Crippen LogP contribution in [-0.2, 0) is 14.3 Å². The first-order valence-corrected chi connectivity index (χ1v) is 7.10. The molecule has 2 rings (SSSR count). The zero-order valence-corrected chi connectivity index (χ0v) is 12.9. The van der Waals surface area contributed by atoms with E-state index in [1.54, 1.807) is 0 Å². The van der Waals surface area contributed by atoms with Gasteiger partial charge in [-0.25, -0.2) is 9.18 Å². The van der Waals surface area contributed by atoms with Gasteiger partial charge in [-0.05, 0) is 18.2 Å². The van der Waals surface area contributed by atoms with E-state index in [0.29, 0.717) is 13.1 Å². The van der Waals surface area contributed by atoms with Crippen LogP contribution < -0.4 is 10.6 Å². The van der Waals surface area contributed by atoms with Crippen molar-refractivity contribution in [3.8, 4) is 0 Å². The summed E-state index contributed by atoms with van der Waals surface area (Å²) in [6.07, 6.45) is 0. The number of methoxy groups -OCH3 is 1. The Morgan fingerprint density at radius 2 is 2.09 bits per heavy atom. The van der Waals surface area contributed by atoms with Crippen molar-refractivity contribution in [3.05, 3.63) is 29.6 Å². The van der Waals surface area contributed by atoms with Crippen molar-refractivity contribution in [2.45, 2.75) is 13.0 Å². The van der Waals surface area contributed by atoms with Crippen LogP contribution in [0.4, 0.5) is 10.1 Å². The number of halogens is 1. The third kappa shape index (κ3) is 4.04. The molecule has 1 atom stereocenters. The van der Waals surface area contributed by atoms with Gasteiger partial charge in [-0.15, -0.1) is 0 Å². The average Bonchev–Trinajstić information content (AvgIpc) is 2.52. The molecule has 0 saturated carbocycles. The van der Waals surface area contributed by atoms with Gasteiger partial charge in [0.15, 0.2) is 0 Å². The van der Waals surface area contributed by atoms with Crippen molar-refractivity contribution in [2.24, 2.45) is 0 Å². The number of amides is 2. The zero-order valence-electron chi connectivity index (χ0n) is 12.9. The maximum atomic E-state index is 13.7. The van der Waals surface area contributed by atoms with Gasteiger partial charge in [-0.1, -0.05) is 0 Å². The van der Waals surface area contributed by atoms with Crippen LogP contribution in [0.5, 0.6) is 0 Å². The minimum Gasteiger partial charge on any atom is -0.467 e. The standard InChI is InChI=1S/C15H18FN3O4/c1-9(20)18-12-6-10(5-11(16)7-12)14(21)19-4-3-17-8-13(19)15(22)23-2/h5-7,13,17H,3-4,8H2,1-2H3,(H,18,20). The lowest BCUT2D eigenvalue weighted by Crippen LogP contribution is -2.57. The van der Waals surface area contributed by atoms with Crippen LogP contribution >= 0.6 is 0 Å². The largest absolute Gasteiger partial charge is 0.467 e. The van der Waals surface area contributed by atoms with Crippen LogP contribution in [0.2, 0.25) is 0 Å². The molecule has 1 fully saturated rings. The molecule has 2 amide bonds. The van der Waals surface area contributed by atoms with Gasteiger partial charge in [0.2, 0.25) is 5.91 Å². The second-order valence-corrected chi connectivity index (χ2v) is 5.15. The number of rotatable bonds is 3. The number of ether oxygens (including phenoxy) is 1. The van der Waals surface area contributed by atoms with Gasteiger partial charge in [0.05, 0.1) is 7.11 Å². The maximum absolute atomic E-state index is 13.7. The Morgan fingerprint density at radius 1 is 1.35 bits per heavy atom. The highest BCUT2D eigenvalue weighted by Crippen LogP contribution is 2.18. The molecular weight excluding hydrogens is 305 g/mol. The molecule has 1 saturated heterocycles. The Balaban J connectivity index is 2.29. The summed E-state index contributed by atoms with van der Waals surface area (Å²) >= 11 is 0. The molecule has 2 N–H and O–H groups in total. The van der Waals surface area contributed by atoms with Crippen LogP contribution in [0.1, 0.15) is 17.3 Å². The Morgan fingerprint density at radius 3 is 2.74 bits per heavy atom. The summed E-state index contributed by atoms with van der Waals surface area (Å²) in [5.41, 5.74) is 0.246. The maximum Gasteiger partial charge on any atom is 0.329 e. The van der Waals surface area contributed by atoms with E-state index >= 15 is 0 Å². The van der Waals surface area contributed by atoms with E-state index < -0.39 is 23.7 Å². The minimum atomic E-state index is -0.770. The second kappa shape index (κ2) is 7.19. The quantitative estimate of drug-likeness (QED) is 0.785. The number of esters is 1. The van der Waals surface area contributed by atoms with Gasteiger partial charge in [0, 0.05) is 37.8 Å². The Bertz CT molecular complexity index is 635. The molecule has 1 aromatic rings. The third-order valence-corrected chi connectivity index (χ3v) is 3.44. The van der Waals surface area contributed by atoms with Gasteiger partial charge in [-0.2, -0.15) is 0 Å². The van der Waals surface area contributed by atoms with E-state index in [4.69, 9.17) is 4.74 Å². The lowest BCUT2D eigenvalue weighted by molar-refractivity contribution is -0.146. The normalized spacial score (nSPS) is 17.5. The molecule has 0 spiro atoms. The van der Waals surface area contributed by atoms with E-state index in [1.165, 1.54) is 25.0 Å². The van der Waals surface area contributed by atoms with Crippen molar-refractivity contribution < 1.29 is 23.5 Å². The Hall–Kier alpha value is -2.48. The summed E-state index contributed by atoms with van der Waals surface area (Å²) in [5, 5.41) is 5.44. The van der Waals surface area contributed by atoms with Crippen molar-refractivity contribution >= 4 is 23.5 Å². The highest BCUT2D eigenvalue weighted by Gasteiger charge is 2.33. The van der Waals surface area contributed by atoms with Gasteiger partial charge >= 0.3 is 5.97 Å². The van der Waals surface area contributed by atoms with Crippen LogP contribution in [0, 0.1) is 5.82 Å². The summed E-state index contributed by atoms with van der Waals surface area (Å²) in [6, 6.07) is 2.80. The number of benzene rings is 1. The first-order valence-electron chi connectivity index (χ1n) is 7.10. The first kappa shape index (κ1) is 16.9. The van der Waals surface area contributed by atoms with Crippen molar-refractivity contribution in [1.82, 2.24) is 10.2 Å². The van der Waals surface area contributed by atoms with Gasteiger partial charge in [0.25, 0.3) is 5.91 Å². The van der Waals surface area contributed by atoms with Crippen molar-refractivity contribution in [1.29, 1.82) is 0 Å². The fourth-order valence-electron chi connectivity index (χ4n) is 2.45. The molecule has 0 aromatic heterocycles. The molecule has 7 nitrogen and oxygen atoms in total. The van der Waals surface area contributed by atoms with Gasteiger partial charge < -0.3 is 20.3 Å². The molecule has 0 bridgehead atoms. The molecule has 1 aromatic carbocycles. The highest BCUT2D eigenvalue weighted by molar-refractivity contribution is 5.99. The second-order valence-electron chi connectivity index (χ2n) is 5.15. The molecule has 124 valence electrons. The number of hydrogen-bond acceptors (Lipinski definition) is 5. The molecule has 23 heavy (non-hydrogen) atoms. The predicted octanol–water partition coefficient (Wildman–Crippen LogP) is 0.371. The molecule has 0 aliphatic carbocycles. The lowest BCUT2D eigenvalue weighted by atomic mass is 10.1. The van der Waals surface area contributed by atoms with Crippen LogP contribution in [0.15, 0.2) is 18.2 Å². The van der Waals surface area contributed by atoms with Gasteiger partial charge in [0.1, 0.15) is 11.9 Å². The average molecular weight is 323 g/mol. The number of nitrogens with zero attached hydrogens (tertiary/aromatic N) is 1. The highest BCUT2D eigenvalue weighted by atomic mass is 19.1. The van der Waals surface area contributed by atoms with Crippen molar-refractivity contribution in [3.63, 3.8) is 0 Å². The topological polar surface area (TPSA) is 87.7 Å². The number of nitrogens with one attached hydrogen (secondary N) is 2. The van der Waals surface area contributed by atoms with Crippen LogP contribution in [-0.4, -0.2) is 55.5 Å². The number of carbonyl (C=O) groups is 3.